The van der Waals surface area contributed by atoms with Crippen molar-refractivity contribution in [1.29, 1.82) is 0 Å². The molecule has 0 amide bonds. The van der Waals surface area contributed by atoms with E-state index >= 15 is 0 Å². The second-order valence-electron chi connectivity index (χ2n) is 6.91. The molecule has 2 aliphatic carbocycles. The standard InChI is InChI=1S/C22H17NO2/c24-17-12-6-11-16-19(17)18(13-7-2-1-3-8-13)20-21(23-16)14-9-4-5-10-15(14)22(20)25/h1-5,7-10,18,20H,6,11-12H2/t18-,20+/m1/s1. The van der Waals surface area contributed by atoms with Crippen LogP contribution >= 0.6 is 0 Å². The highest BCUT2D eigenvalue weighted by Gasteiger charge is 2.48. The lowest BCUT2D eigenvalue weighted by Crippen LogP contribution is -2.33. The van der Waals surface area contributed by atoms with Crippen LogP contribution in [-0.2, 0) is 4.79 Å². The predicted molar refractivity (Wildman–Crippen MR) is 95.9 cm³/mol. The number of fused-ring (bicyclic) bond motifs is 3. The molecule has 122 valence electrons. The summed E-state index contributed by atoms with van der Waals surface area (Å²) in [4.78, 5) is 30.8. The normalized spacial score (nSPS) is 24.6. The Balaban J connectivity index is 1.78. The molecule has 5 rings (SSSR count). The number of hydrogen-bond donors (Lipinski definition) is 0. The van der Waals surface area contributed by atoms with E-state index in [0.29, 0.717) is 6.42 Å². The molecule has 2 aromatic carbocycles. The van der Waals surface area contributed by atoms with Gasteiger partial charge in [0.15, 0.2) is 11.6 Å². The summed E-state index contributed by atoms with van der Waals surface area (Å²) in [7, 11) is 0. The van der Waals surface area contributed by atoms with Gasteiger partial charge in [-0.3, -0.25) is 14.6 Å². The molecule has 2 aromatic rings. The lowest BCUT2D eigenvalue weighted by atomic mass is 9.71. The number of carbonyl (C=O) groups excluding carboxylic acids is 2. The van der Waals surface area contributed by atoms with Crippen LogP contribution in [0.2, 0.25) is 0 Å². The van der Waals surface area contributed by atoms with Crippen molar-refractivity contribution in [3.05, 3.63) is 82.6 Å². The summed E-state index contributed by atoms with van der Waals surface area (Å²) in [5.74, 6) is -0.341. The van der Waals surface area contributed by atoms with Gasteiger partial charge in [-0.05, 0) is 18.4 Å². The number of hydrogen-bond acceptors (Lipinski definition) is 3. The molecular weight excluding hydrogens is 310 g/mol. The molecule has 0 unspecified atom stereocenters. The molecule has 0 saturated carbocycles. The Morgan fingerprint density at radius 3 is 2.32 bits per heavy atom. The van der Waals surface area contributed by atoms with Crippen molar-refractivity contribution in [2.75, 3.05) is 0 Å². The van der Waals surface area contributed by atoms with Crippen molar-refractivity contribution in [1.82, 2.24) is 0 Å². The average molecular weight is 327 g/mol. The number of Topliss-reactive ketones (excluding diaryl/α,β-unsaturated/α-hetero) is 2. The molecule has 2 atom stereocenters. The van der Waals surface area contributed by atoms with Crippen LogP contribution < -0.4 is 0 Å². The molecule has 0 bridgehead atoms. The molecule has 3 aliphatic rings. The summed E-state index contributed by atoms with van der Waals surface area (Å²) in [5, 5.41) is 0. The minimum absolute atomic E-state index is 0.0909. The molecule has 3 heteroatoms. The van der Waals surface area contributed by atoms with Gasteiger partial charge in [-0.2, -0.15) is 0 Å². The third kappa shape index (κ3) is 2.02. The molecule has 1 heterocycles. The first-order chi connectivity index (χ1) is 12.3. The van der Waals surface area contributed by atoms with Crippen LogP contribution in [0.15, 0.2) is 70.9 Å². The fourth-order valence-corrected chi connectivity index (χ4v) is 4.47. The fraction of sp³-hybridized carbons (Fsp3) is 0.227. The highest BCUT2D eigenvalue weighted by molar-refractivity contribution is 6.30. The van der Waals surface area contributed by atoms with E-state index in [4.69, 9.17) is 4.99 Å². The number of aliphatic imine (C=N–C) groups is 1. The van der Waals surface area contributed by atoms with Gasteiger partial charge in [0.1, 0.15) is 0 Å². The maximum absolute atomic E-state index is 13.2. The smallest absolute Gasteiger partial charge is 0.173 e. The molecule has 1 aliphatic heterocycles. The Kier molecular flexibility index (Phi) is 3.11. The highest BCUT2D eigenvalue weighted by atomic mass is 16.1. The van der Waals surface area contributed by atoms with E-state index in [-0.39, 0.29) is 23.4 Å². The van der Waals surface area contributed by atoms with Crippen LogP contribution in [0.25, 0.3) is 0 Å². The van der Waals surface area contributed by atoms with E-state index in [1.165, 1.54) is 0 Å². The van der Waals surface area contributed by atoms with E-state index in [2.05, 4.69) is 0 Å². The fourth-order valence-electron chi connectivity index (χ4n) is 4.47. The van der Waals surface area contributed by atoms with Crippen molar-refractivity contribution in [3.63, 3.8) is 0 Å². The zero-order chi connectivity index (χ0) is 17.0. The van der Waals surface area contributed by atoms with Gasteiger partial charge in [0.2, 0.25) is 0 Å². The predicted octanol–water partition coefficient (Wildman–Crippen LogP) is 4.09. The van der Waals surface area contributed by atoms with Crippen LogP contribution in [0.5, 0.6) is 0 Å². The maximum atomic E-state index is 13.2. The van der Waals surface area contributed by atoms with Gasteiger partial charge in [-0.1, -0.05) is 54.6 Å². The van der Waals surface area contributed by atoms with Crippen molar-refractivity contribution in [2.45, 2.75) is 25.2 Å². The molecule has 0 N–H and O–H groups in total. The molecule has 25 heavy (non-hydrogen) atoms. The SMILES string of the molecule is O=C1CCCC2=C1[C@@H](c1ccccc1)[C@@H]1C(=O)c3ccccc3C1=N2. The zero-order valence-electron chi connectivity index (χ0n) is 13.7. The van der Waals surface area contributed by atoms with Crippen LogP contribution in [0.4, 0.5) is 0 Å². The first-order valence-corrected chi connectivity index (χ1v) is 8.79. The van der Waals surface area contributed by atoms with Crippen molar-refractivity contribution >= 4 is 17.3 Å². The highest BCUT2D eigenvalue weighted by Crippen LogP contribution is 2.48. The van der Waals surface area contributed by atoms with Gasteiger partial charge in [-0.25, -0.2) is 0 Å². The first kappa shape index (κ1) is 14.5. The molecule has 0 fully saturated rings. The number of carbonyl (C=O) groups is 2. The van der Waals surface area contributed by atoms with E-state index in [9.17, 15) is 9.59 Å². The lowest BCUT2D eigenvalue weighted by Gasteiger charge is -2.33. The van der Waals surface area contributed by atoms with Crippen LogP contribution in [-0.4, -0.2) is 17.3 Å². The molecule has 0 spiro atoms. The second kappa shape index (κ2) is 5.35. The van der Waals surface area contributed by atoms with Crippen molar-refractivity contribution in [3.8, 4) is 0 Å². The number of ketones is 2. The van der Waals surface area contributed by atoms with Gasteiger partial charge in [0, 0.05) is 34.7 Å². The number of nitrogens with zero attached hydrogens (tertiary/aromatic N) is 1. The molecule has 0 radical (unpaired) electrons. The Morgan fingerprint density at radius 2 is 1.52 bits per heavy atom. The Hall–Kier alpha value is -2.81. The Bertz CT molecular complexity index is 969. The van der Waals surface area contributed by atoms with Gasteiger partial charge in [-0.15, -0.1) is 0 Å². The van der Waals surface area contributed by atoms with Gasteiger partial charge < -0.3 is 0 Å². The average Bonchev–Trinajstić information content (AvgIpc) is 2.94. The first-order valence-electron chi connectivity index (χ1n) is 8.79. The van der Waals surface area contributed by atoms with Crippen molar-refractivity contribution < 1.29 is 9.59 Å². The summed E-state index contributed by atoms with van der Waals surface area (Å²) in [6.07, 6.45) is 2.22. The monoisotopic (exact) mass is 327 g/mol. The van der Waals surface area contributed by atoms with Crippen LogP contribution in [0.3, 0.4) is 0 Å². The summed E-state index contributed by atoms with van der Waals surface area (Å²) < 4.78 is 0. The van der Waals surface area contributed by atoms with Gasteiger partial charge >= 0.3 is 0 Å². The minimum atomic E-state index is -0.374. The van der Waals surface area contributed by atoms with Crippen LogP contribution in [0.1, 0.15) is 46.7 Å². The zero-order valence-corrected chi connectivity index (χ0v) is 13.7. The van der Waals surface area contributed by atoms with E-state index in [0.717, 1.165) is 46.5 Å². The molecule has 0 aromatic heterocycles. The lowest BCUT2D eigenvalue weighted by molar-refractivity contribution is -0.116. The Labute approximate surface area is 146 Å². The summed E-state index contributed by atoms with van der Waals surface area (Å²) in [6.45, 7) is 0. The summed E-state index contributed by atoms with van der Waals surface area (Å²) in [6, 6.07) is 17.7. The topological polar surface area (TPSA) is 46.5 Å². The van der Waals surface area contributed by atoms with E-state index in [1.54, 1.807) is 0 Å². The molecule has 3 nitrogen and oxygen atoms in total. The van der Waals surface area contributed by atoms with Crippen LogP contribution in [0, 0.1) is 5.92 Å². The minimum Gasteiger partial charge on any atom is -0.294 e. The van der Waals surface area contributed by atoms with E-state index in [1.807, 2.05) is 54.6 Å². The quantitative estimate of drug-likeness (QED) is 0.792. The van der Waals surface area contributed by atoms with Gasteiger partial charge in [0.05, 0.1) is 11.6 Å². The number of allylic oxidation sites excluding steroid dienone is 2. The summed E-state index contributed by atoms with van der Waals surface area (Å²) >= 11 is 0. The Morgan fingerprint density at radius 1 is 0.800 bits per heavy atom. The van der Waals surface area contributed by atoms with Gasteiger partial charge in [0.25, 0.3) is 0 Å². The maximum Gasteiger partial charge on any atom is 0.173 e. The largest absolute Gasteiger partial charge is 0.294 e. The molecular formula is C22H17NO2. The number of benzene rings is 2. The van der Waals surface area contributed by atoms with E-state index < -0.39 is 0 Å². The number of rotatable bonds is 1. The molecule has 0 saturated heterocycles. The third-order valence-electron chi connectivity index (χ3n) is 5.53. The summed E-state index contributed by atoms with van der Waals surface area (Å²) in [5.41, 5.74) is 5.21. The second-order valence-corrected chi connectivity index (χ2v) is 6.91. The van der Waals surface area contributed by atoms with Crippen molar-refractivity contribution in [2.24, 2.45) is 10.9 Å². The third-order valence-corrected chi connectivity index (χ3v) is 5.53.